The predicted octanol–water partition coefficient (Wildman–Crippen LogP) is -0.544. The van der Waals surface area contributed by atoms with Crippen molar-refractivity contribution in [2.75, 3.05) is 0 Å². The lowest BCUT2D eigenvalue weighted by Crippen LogP contribution is -2.26. The van der Waals surface area contributed by atoms with Gasteiger partial charge in [0, 0.05) is 13.1 Å². The van der Waals surface area contributed by atoms with Crippen molar-refractivity contribution in [1.29, 1.82) is 0 Å². The zero-order valence-electron chi connectivity index (χ0n) is 6.79. The van der Waals surface area contributed by atoms with E-state index in [9.17, 15) is 9.59 Å². The first kappa shape index (κ1) is 7.84. The Kier molecular flexibility index (Phi) is 1.72. The summed E-state index contributed by atoms with van der Waals surface area (Å²) in [5, 5.41) is 2.42. The van der Waals surface area contributed by atoms with Crippen LogP contribution in [0.1, 0.15) is 19.9 Å². The molecule has 0 radical (unpaired) electrons. The molecule has 0 bridgehead atoms. The van der Waals surface area contributed by atoms with E-state index < -0.39 is 0 Å². The van der Waals surface area contributed by atoms with E-state index in [-0.39, 0.29) is 17.4 Å². The standard InChI is InChI=1S/C6H11N3O2/c1-4(2)9-6(11)8(3)5(10)7-9/h4H,1-3H3,(H,7,10). The van der Waals surface area contributed by atoms with Crippen LogP contribution >= 0.6 is 0 Å². The predicted molar refractivity (Wildman–Crippen MR) is 40.7 cm³/mol. The average molecular weight is 157 g/mol. The molecule has 0 aliphatic carbocycles. The van der Waals surface area contributed by atoms with Crippen molar-refractivity contribution in [2.24, 2.45) is 7.05 Å². The number of aromatic nitrogens is 3. The summed E-state index contributed by atoms with van der Waals surface area (Å²) in [6, 6.07) is -0.00333. The van der Waals surface area contributed by atoms with Crippen molar-refractivity contribution in [3.8, 4) is 0 Å². The number of nitrogens with zero attached hydrogens (tertiary/aromatic N) is 2. The molecule has 1 aromatic rings. The fourth-order valence-corrected chi connectivity index (χ4v) is 0.824. The Hall–Kier alpha value is -1.26. The second-order valence-electron chi connectivity index (χ2n) is 2.72. The summed E-state index contributed by atoms with van der Waals surface area (Å²) in [6.45, 7) is 3.66. The normalized spacial score (nSPS) is 10.9. The van der Waals surface area contributed by atoms with Crippen molar-refractivity contribution in [3.63, 3.8) is 0 Å². The Balaban J connectivity index is 3.43. The SMILES string of the molecule is CC(C)n1[nH]c(=O)n(C)c1=O. The Labute approximate surface area is 63.3 Å². The van der Waals surface area contributed by atoms with E-state index in [1.165, 1.54) is 11.7 Å². The third-order valence-corrected chi connectivity index (χ3v) is 1.53. The maximum atomic E-state index is 11.1. The van der Waals surface area contributed by atoms with Gasteiger partial charge in [-0.25, -0.2) is 23.9 Å². The minimum Gasteiger partial charge on any atom is -0.246 e. The summed E-state index contributed by atoms with van der Waals surface area (Å²) in [5.41, 5.74) is -0.672. The third kappa shape index (κ3) is 1.13. The van der Waals surface area contributed by atoms with Crippen molar-refractivity contribution in [1.82, 2.24) is 14.3 Å². The maximum absolute atomic E-state index is 11.1. The van der Waals surface area contributed by atoms with Gasteiger partial charge in [-0.3, -0.25) is 0 Å². The number of aromatic amines is 1. The molecule has 0 saturated heterocycles. The molecule has 5 nitrogen and oxygen atoms in total. The van der Waals surface area contributed by atoms with E-state index in [0.717, 1.165) is 4.57 Å². The van der Waals surface area contributed by atoms with Crippen LogP contribution < -0.4 is 11.4 Å². The van der Waals surface area contributed by atoms with E-state index in [1.54, 1.807) is 0 Å². The second-order valence-corrected chi connectivity index (χ2v) is 2.72. The van der Waals surface area contributed by atoms with Gasteiger partial charge in [0.05, 0.1) is 0 Å². The van der Waals surface area contributed by atoms with E-state index in [0.29, 0.717) is 0 Å². The molecule has 0 aliphatic heterocycles. The van der Waals surface area contributed by atoms with Crippen molar-refractivity contribution < 1.29 is 0 Å². The first-order valence-electron chi connectivity index (χ1n) is 3.41. The zero-order chi connectivity index (χ0) is 8.59. The Morgan fingerprint density at radius 2 is 1.91 bits per heavy atom. The number of hydrogen-bond donors (Lipinski definition) is 1. The van der Waals surface area contributed by atoms with Crippen LogP contribution in [-0.4, -0.2) is 14.3 Å². The van der Waals surface area contributed by atoms with Crippen LogP contribution in [0.5, 0.6) is 0 Å². The quantitative estimate of drug-likeness (QED) is 0.595. The van der Waals surface area contributed by atoms with Gasteiger partial charge in [0.2, 0.25) is 0 Å². The summed E-state index contributed by atoms with van der Waals surface area (Å²) in [6.07, 6.45) is 0. The summed E-state index contributed by atoms with van der Waals surface area (Å²) in [4.78, 5) is 22.0. The molecular formula is C6H11N3O2. The van der Waals surface area contributed by atoms with Gasteiger partial charge in [-0.05, 0) is 13.8 Å². The second kappa shape index (κ2) is 2.41. The Morgan fingerprint density at radius 1 is 1.36 bits per heavy atom. The molecule has 0 unspecified atom stereocenters. The molecule has 0 amide bonds. The largest absolute Gasteiger partial charge is 0.346 e. The lowest BCUT2D eigenvalue weighted by Gasteiger charge is -2.01. The number of rotatable bonds is 1. The molecule has 62 valence electrons. The van der Waals surface area contributed by atoms with E-state index in [1.807, 2.05) is 13.8 Å². The van der Waals surface area contributed by atoms with Crippen LogP contribution in [0.3, 0.4) is 0 Å². The lowest BCUT2D eigenvalue weighted by atomic mass is 10.4. The van der Waals surface area contributed by atoms with Crippen LogP contribution in [-0.2, 0) is 7.05 Å². The van der Waals surface area contributed by atoms with Crippen LogP contribution in [0.4, 0.5) is 0 Å². The molecule has 0 saturated carbocycles. The molecular weight excluding hydrogens is 146 g/mol. The fraction of sp³-hybridized carbons (Fsp3) is 0.667. The average Bonchev–Trinajstić information content (AvgIpc) is 2.17. The van der Waals surface area contributed by atoms with Gasteiger partial charge in [0.1, 0.15) is 0 Å². The van der Waals surface area contributed by atoms with Gasteiger partial charge in [-0.1, -0.05) is 0 Å². The van der Waals surface area contributed by atoms with Crippen molar-refractivity contribution in [2.45, 2.75) is 19.9 Å². The van der Waals surface area contributed by atoms with Crippen LogP contribution in [0.2, 0.25) is 0 Å². The van der Waals surface area contributed by atoms with Crippen LogP contribution in [0, 0.1) is 0 Å². The molecule has 5 heteroatoms. The third-order valence-electron chi connectivity index (χ3n) is 1.53. The van der Waals surface area contributed by atoms with Crippen LogP contribution in [0.15, 0.2) is 9.59 Å². The van der Waals surface area contributed by atoms with Crippen molar-refractivity contribution in [3.05, 3.63) is 21.0 Å². The molecule has 1 heterocycles. The van der Waals surface area contributed by atoms with Gasteiger partial charge in [0.25, 0.3) is 0 Å². The zero-order valence-corrected chi connectivity index (χ0v) is 6.79. The Morgan fingerprint density at radius 3 is 2.09 bits per heavy atom. The fourth-order valence-electron chi connectivity index (χ4n) is 0.824. The van der Waals surface area contributed by atoms with E-state index in [4.69, 9.17) is 0 Å². The van der Waals surface area contributed by atoms with Crippen molar-refractivity contribution >= 4 is 0 Å². The van der Waals surface area contributed by atoms with Gasteiger partial charge >= 0.3 is 11.4 Å². The molecule has 1 aromatic heterocycles. The minimum absolute atomic E-state index is 0.00333. The monoisotopic (exact) mass is 157 g/mol. The van der Waals surface area contributed by atoms with E-state index in [2.05, 4.69) is 5.10 Å². The Bertz CT molecular complexity index is 355. The summed E-state index contributed by atoms with van der Waals surface area (Å²) < 4.78 is 2.34. The van der Waals surface area contributed by atoms with Gasteiger partial charge in [0.15, 0.2) is 0 Å². The number of nitrogens with one attached hydrogen (secondary N) is 1. The molecule has 11 heavy (non-hydrogen) atoms. The summed E-state index contributed by atoms with van der Waals surface area (Å²) in [7, 11) is 1.44. The highest BCUT2D eigenvalue weighted by atomic mass is 16.2. The van der Waals surface area contributed by atoms with Gasteiger partial charge in [-0.15, -0.1) is 0 Å². The molecule has 0 aliphatic rings. The highest BCUT2D eigenvalue weighted by Crippen LogP contribution is 1.92. The first-order valence-corrected chi connectivity index (χ1v) is 3.41. The molecule has 0 aromatic carbocycles. The maximum Gasteiger partial charge on any atom is 0.346 e. The molecule has 0 atom stereocenters. The minimum atomic E-state index is -0.372. The van der Waals surface area contributed by atoms with Gasteiger partial charge in [-0.2, -0.15) is 0 Å². The number of H-pyrrole nitrogens is 1. The summed E-state index contributed by atoms with van der Waals surface area (Å²) in [5.74, 6) is 0. The lowest BCUT2D eigenvalue weighted by molar-refractivity contribution is 0.507. The topological polar surface area (TPSA) is 59.8 Å². The molecule has 1 N–H and O–H groups in total. The molecule has 0 fully saturated rings. The van der Waals surface area contributed by atoms with Gasteiger partial charge < -0.3 is 0 Å². The van der Waals surface area contributed by atoms with E-state index >= 15 is 0 Å². The van der Waals surface area contributed by atoms with Crippen LogP contribution in [0.25, 0.3) is 0 Å². The number of hydrogen-bond acceptors (Lipinski definition) is 2. The summed E-state index contributed by atoms with van der Waals surface area (Å²) >= 11 is 0. The first-order chi connectivity index (χ1) is 5.04. The molecule has 1 rings (SSSR count). The highest BCUT2D eigenvalue weighted by molar-refractivity contribution is 4.69. The smallest absolute Gasteiger partial charge is 0.246 e. The highest BCUT2D eigenvalue weighted by Gasteiger charge is 2.06. The molecule has 0 spiro atoms.